The van der Waals surface area contributed by atoms with Crippen molar-refractivity contribution in [2.45, 2.75) is 13.8 Å². The van der Waals surface area contributed by atoms with E-state index in [1.807, 2.05) is 12.1 Å². The number of carbonyl (C=O) groups excluding carboxylic acids is 1. The van der Waals surface area contributed by atoms with Crippen LogP contribution in [0.4, 0.5) is 0 Å². The van der Waals surface area contributed by atoms with Gasteiger partial charge in [-0.3, -0.25) is 4.79 Å². The summed E-state index contributed by atoms with van der Waals surface area (Å²) >= 11 is 9.46. The molecule has 0 atom stereocenters. The highest BCUT2D eigenvalue weighted by Gasteiger charge is 2.15. The highest BCUT2D eigenvalue weighted by molar-refractivity contribution is 9.10. The molecular weight excluding hydrogens is 305 g/mol. The quantitative estimate of drug-likeness (QED) is 0.800. The van der Waals surface area contributed by atoms with Gasteiger partial charge < -0.3 is 0 Å². The molecule has 0 amide bonds. The van der Waals surface area contributed by atoms with Crippen molar-refractivity contribution in [3.8, 4) is 5.69 Å². The second-order valence-electron chi connectivity index (χ2n) is 3.59. The number of nitrogens with zero attached hydrogens (tertiary/aromatic N) is 3. The lowest BCUT2D eigenvalue weighted by atomic mass is 10.2. The van der Waals surface area contributed by atoms with E-state index in [4.69, 9.17) is 11.6 Å². The average molecular weight is 315 g/mol. The predicted octanol–water partition coefficient (Wildman–Crippen LogP) is 3.19. The van der Waals surface area contributed by atoms with Crippen LogP contribution in [0.5, 0.6) is 0 Å². The molecule has 0 saturated heterocycles. The second-order valence-corrected chi connectivity index (χ2v) is 4.91. The maximum absolute atomic E-state index is 11.3. The maximum atomic E-state index is 11.3. The van der Waals surface area contributed by atoms with Gasteiger partial charge in [0.25, 0.3) is 0 Å². The Morgan fingerprint density at radius 2 is 2.18 bits per heavy atom. The molecule has 0 saturated carbocycles. The van der Waals surface area contributed by atoms with E-state index in [1.54, 1.807) is 17.7 Å². The molecule has 0 aliphatic heterocycles. The van der Waals surface area contributed by atoms with Crippen LogP contribution in [0.15, 0.2) is 22.7 Å². The molecular formula is C11H9BrClN3O. The van der Waals surface area contributed by atoms with Gasteiger partial charge in [0, 0.05) is 11.4 Å². The lowest BCUT2D eigenvalue weighted by Gasteiger charge is -2.06. The van der Waals surface area contributed by atoms with Gasteiger partial charge in [0.05, 0.1) is 16.4 Å². The van der Waals surface area contributed by atoms with Gasteiger partial charge in [0.15, 0.2) is 11.5 Å². The molecule has 0 unspecified atom stereocenters. The number of rotatable bonds is 2. The van der Waals surface area contributed by atoms with Crippen LogP contribution in [0, 0.1) is 6.92 Å². The molecule has 0 aliphatic carbocycles. The molecule has 0 aliphatic rings. The Kier molecular flexibility index (Phi) is 3.31. The molecule has 4 nitrogen and oxygen atoms in total. The fourth-order valence-electron chi connectivity index (χ4n) is 1.53. The first kappa shape index (κ1) is 12.3. The molecule has 0 fully saturated rings. The maximum Gasteiger partial charge on any atom is 0.181 e. The molecule has 1 aromatic carbocycles. The Morgan fingerprint density at radius 1 is 1.47 bits per heavy atom. The molecule has 6 heteroatoms. The zero-order chi connectivity index (χ0) is 12.6. The Balaban J connectivity index is 2.61. The van der Waals surface area contributed by atoms with Crippen LogP contribution in [0.1, 0.15) is 23.1 Å². The second kappa shape index (κ2) is 4.58. The SMILES string of the molecule is CC(=O)c1nnn(-c2cc(Br)ccc2Cl)c1C. The van der Waals surface area contributed by atoms with Crippen LogP contribution >= 0.6 is 27.5 Å². The van der Waals surface area contributed by atoms with Crippen LogP contribution < -0.4 is 0 Å². The van der Waals surface area contributed by atoms with E-state index < -0.39 is 0 Å². The van der Waals surface area contributed by atoms with Gasteiger partial charge in [-0.05, 0) is 25.1 Å². The first-order chi connectivity index (χ1) is 8.00. The van der Waals surface area contributed by atoms with Crippen LogP contribution in [-0.4, -0.2) is 20.8 Å². The summed E-state index contributed by atoms with van der Waals surface area (Å²) < 4.78 is 2.44. The van der Waals surface area contributed by atoms with Crippen molar-refractivity contribution in [2.24, 2.45) is 0 Å². The predicted molar refractivity (Wildman–Crippen MR) is 68.8 cm³/mol. The van der Waals surface area contributed by atoms with E-state index in [2.05, 4.69) is 26.2 Å². The standard InChI is InChI=1S/C11H9BrClN3O/c1-6-11(7(2)17)14-15-16(6)10-5-8(12)3-4-9(10)13/h3-5H,1-2H3. The minimum atomic E-state index is -0.111. The summed E-state index contributed by atoms with van der Waals surface area (Å²) in [5.41, 5.74) is 1.73. The Labute approximate surface area is 112 Å². The van der Waals surface area contributed by atoms with Crippen LogP contribution in [0.3, 0.4) is 0 Å². The normalized spacial score (nSPS) is 10.6. The number of carbonyl (C=O) groups is 1. The fourth-order valence-corrected chi connectivity index (χ4v) is 2.08. The monoisotopic (exact) mass is 313 g/mol. The lowest BCUT2D eigenvalue weighted by molar-refractivity contribution is 0.101. The highest BCUT2D eigenvalue weighted by atomic mass is 79.9. The van der Waals surface area contributed by atoms with E-state index in [9.17, 15) is 4.79 Å². The summed E-state index contributed by atoms with van der Waals surface area (Å²) in [5.74, 6) is -0.111. The van der Waals surface area contributed by atoms with E-state index in [0.717, 1.165) is 4.47 Å². The molecule has 17 heavy (non-hydrogen) atoms. The van der Waals surface area contributed by atoms with Gasteiger partial charge in [-0.2, -0.15) is 0 Å². The Morgan fingerprint density at radius 3 is 2.76 bits per heavy atom. The van der Waals surface area contributed by atoms with Gasteiger partial charge in [0.2, 0.25) is 0 Å². The van der Waals surface area contributed by atoms with Crippen molar-refractivity contribution in [3.05, 3.63) is 39.1 Å². The molecule has 1 heterocycles. The average Bonchev–Trinajstić information content (AvgIpc) is 2.64. The zero-order valence-corrected chi connectivity index (χ0v) is 11.6. The Bertz CT molecular complexity index is 594. The van der Waals surface area contributed by atoms with Crippen molar-refractivity contribution in [1.82, 2.24) is 15.0 Å². The Hall–Kier alpha value is -1.20. The van der Waals surface area contributed by atoms with Crippen molar-refractivity contribution < 1.29 is 4.79 Å². The number of hydrogen-bond donors (Lipinski definition) is 0. The molecule has 2 aromatic rings. The number of hydrogen-bond acceptors (Lipinski definition) is 3. The summed E-state index contributed by atoms with van der Waals surface area (Å²) in [5, 5.41) is 8.35. The smallest absolute Gasteiger partial charge is 0.181 e. The van der Waals surface area contributed by atoms with Crippen molar-refractivity contribution >= 4 is 33.3 Å². The highest BCUT2D eigenvalue weighted by Crippen LogP contribution is 2.25. The summed E-state index contributed by atoms with van der Waals surface area (Å²) in [7, 11) is 0. The van der Waals surface area contributed by atoms with Crippen molar-refractivity contribution in [2.75, 3.05) is 0 Å². The largest absolute Gasteiger partial charge is 0.293 e. The van der Waals surface area contributed by atoms with E-state index in [0.29, 0.717) is 22.1 Å². The molecule has 0 bridgehead atoms. The van der Waals surface area contributed by atoms with Gasteiger partial charge in [-0.1, -0.05) is 32.7 Å². The number of benzene rings is 1. The van der Waals surface area contributed by atoms with Crippen molar-refractivity contribution in [1.29, 1.82) is 0 Å². The molecule has 0 N–H and O–H groups in total. The number of Topliss-reactive ketones (excluding diaryl/α,β-unsaturated/α-hetero) is 1. The zero-order valence-electron chi connectivity index (χ0n) is 9.24. The van der Waals surface area contributed by atoms with Gasteiger partial charge in [-0.25, -0.2) is 4.68 Å². The number of ketones is 1. The van der Waals surface area contributed by atoms with Gasteiger partial charge in [-0.15, -0.1) is 5.10 Å². The minimum absolute atomic E-state index is 0.111. The van der Waals surface area contributed by atoms with Crippen molar-refractivity contribution in [3.63, 3.8) is 0 Å². The third kappa shape index (κ3) is 2.25. The molecule has 0 spiro atoms. The van der Waals surface area contributed by atoms with Gasteiger partial charge in [0.1, 0.15) is 0 Å². The summed E-state index contributed by atoms with van der Waals surface area (Å²) in [6, 6.07) is 5.42. The third-order valence-corrected chi connectivity index (χ3v) is 3.18. The summed E-state index contributed by atoms with van der Waals surface area (Å²) in [6.45, 7) is 3.25. The number of aromatic nitrogens is 3. The summed E-state index contributed by atoms with van der Waals surface area (Å²) in [4.78, 5) is 11.3. The lowest BCUT2D eigenvalue weighted by Crippen LogP contribution is -2.02. The summed E-state index contributed by atoms with van der Waals surface area (Å²) in [6.07, 6.45) is 0. The molecule has 1 aromatic heterocycles. The fraction of sp³-hybridized carbons (Fsp3) is 0.182. The van der Waals surface area contributed by atoms with Crippen LogP contribution in [0.25, 0.3) is 5.69 Å². The first-order valence-electron chi connectivity index (χ1n) is 4.89. The minimum Gasteiger partial charge on any atom is -0.293 e. The van der Waals surface area contributed by atoms with Crippen LogP contribution in [0.2, 0.25) is 5.02 Å². The molecule has 0 radical (unpaired) electrons. The molecule has 2 rings (SSSR count). The van der Waals surface area contributed by atoms with E-state index >= 15 is 0 Å². The first-order valence-corrected chi connectivity index (χ1v) is 6.06. The third-order valence-electron chi connectivity index (χ3n) is 2.36. The van der Waals surface area contributed by atoms with Crippen LogP contribution in [-0.2, 0) is 0 Å². The molecule has 88 valence electrons. The van der Waals surface area contributed by atoms with E-state index in [1.165, 1.54) is 6.92 Å². The topological polar surface area (TPSA) is 47.8 Å². The van der Waals surface area contributed by atoms with E-state index in [-0.39, 0.29) is 5.78 Å². The van der Waals surface area contributed by atoms with Gasteiger partial charge >= 0.3 is 0 Å². The number of halogens is 2.